The number of imidazole rings is 1. The van der Waals surface area contributed by atoms with Crippen molar-refractivity contribution in [2.75, 3.05) is 46.6 Å². The van der Waals surface area contributed by atoms with Crippen molar-refractivity contribution < 1.29 is 28.9 Å². The van der Waals surface area contributed by atoms with E-state index in [1.54, 1.807) is 18.3 Å². The lowest BCUT2D eigenvalue weighted by atomic mass is 9.89. The van der Waals surface area contributed by atoms with Gasteiger partial charge in [0.2, 0.25) is 0 Å². The minimum absolute atomic E-state index is 0.127. The molecule has 1 N–H and O–H groups in total. The number of carbonyl (C=O) groups is 2. The standard InChI is InChI=1S/C33H42N4O6/c1-32(2,3)43-31(39)35-16-17-36(26(20-35)19-24-11-7-5-8-12-24)30(38)28-29(25-13-9-6-10-14-25)37(23-34-28)27-21-42-18-15-33(27,40)22-41-4/h5-14,23,26-27,40H,15-22H2,1-4H3/t26-,27?,33?/m1/s1. The average molecular weight is 591 g/mol. The molecule has 2 aliphatic rings. The quantitative estimate of drug-likeness (QED) is 0.440. The zero-order chi connectivity index (χ0) is 30.6. The van der Waals surface area contributed by atoms with Crippen LogP contribution < -0.4 is 0 Å². The Morgan fingerprint density at radius 2 is 1.77 bits per heavy atom. The van der Waals surface area contributed by atoms with Crippen molar-refractivity contribution >= 4 is 12.0 Å². The van der Waals surface area contributed by atoms with Crippen LogP contribution in [0.2, 0.25) is 0 Å². The van der Waals surface area contributed by atoms with E-state index in [1.807, 2.05) is 90.9 Å². The predicted molar refractivity (Wildman–Crippen MR) is 162 cm³/mol. The minimum atomic E-state index is -1.19. The monoisotopic (exact) mass is 590 g/mol. The molecule has 2 unspecified atom stereocenters. The molecule has 2 amide bonds. The molecule has 2 aromatic carbocycles. The molecule has 3 heterocycles. The number of rotatable bonds is 7. The second kappa shape index (κ2) is 12.9. The van der Waals surface area contributed by atoms with Crippen molar-refractivity contribution in [1.82, 2.24) is 19.4 Å². The lowest BCUT2D eigenvalue weighted by Gasteiger charge is -2.42. The first-order chi connectivity index (χ1) is 20.6. The fraction of sp³-hybridized carbons (Fsp3) is 0.485. The zero-order valence-electron chi connectivity index (χ0n) is 25.4. The van der Waals surface area contributed by atoms with Crippen LogP contribution >= 0.6 is 0 Å². The summed E-state index contributed by atoms with van der Waals surface area (Å²) in [6, 6.07) is 18.8. The third-order valence-corrected chi connectivity index (χ3v) is 8.06. The number of aromatic nitrogens is 2. The van der Waals surface area contributed by atoms with E-state index in [-0.39, 0.29) is 31.3 Å². The Morgan fingerprint density at radius 1 is 1.07 bits per heavy atom. The maximum absolute atomic E-state index is 14.5. The van der Waals surface area contributed by atoms with Gasteiger partial charge in [-0.05, 0) is 32.8 Å². The fourth-order valence-corrected chi connectivity index (χ4v) is 5.97. The van der Waals surface area contributed by atoms with Crippen LogP contribution in [-0.4, -0.2) is 100 Å². The summed E-state index contributed by atoms with van der Waals surface area (Å²) in [6.07, 6.45) is 2.20. The topological polar surface area (TPSA) is 106 Å². The zero-order valence-corrected chi connectivity index (χ0v) is 25.4. The summed E-state index contributed by atoms with van der Waals surface area (Å²) >= 11 is 0. The highest BCUT2D eigenvalue weighted by Crippen LogP contribution is 2.37. The van der Waals surface area contributed by atoms with Gasteiger partial charge in [0.1, 0.15) is 11.2 Å². The molecule has 10 nitrogen and oxygen atoms in total. The Kier molecular flexibility index (Phi) is 9.19. The predicted octanol–water partition coefficient (Wildman–Crippen LogP) is 4.19. The van der Waals surface area contributed by atoms with Gasteiger partial charge in [0.25, 0.3) is 5.91 Å². The number of ether oxygens (including phenoxy) is 3. The van der Waals surface area contributed by atoms with Crippen LogP contribution in [0.25, 0.3) is 11.3 Å². The molecule has 43 heavy (non-hydrogen) atoms. The summed E-state index contributed by atoms with van der Waals surface area (Å²) in [5.74, 6) is -0.227. The van der Waals surface area contributed by atoms with Crippen molar-refractivity contribution in [2.45, 2.75) is 56.9 Å². The Balaban J connectivity index is 1.51. The van der Waals surface area contributed by atoms with Gasteiger partial charge in [-0.3, -0.25) is 4.79 Å². The van der Waals surface area contributed by atoms with Gasteiger partial charge in [0, 0.05) is 45.3 Å². The summed E-state index contributed by atoms with van der Waals surface area (Å²) in [5, 5.41) is 11.6. The van der Waals surface area contributed by atoms with E-state index in [0.29, 0.717) is 50.5 Å². The van der Waals surface area contributed by atoms with Crippen molar-refractivity contribution in [2.24, 2.45) is 0 Å². The van der Waals surface area contributed by atoms with Gasteiger partial charge < -0.3 is 33.7 Å². The van der Waals surface area contributed by atoms with Crippen LogP contribution in [-0.2, 0) is 20.6 Å². The van der Waals surface area contributed by atoms with Crippen molar-refractivity contribution in [1.29, 1.82) is 0 Å². The van der Waals surface area contributed by atoms with Crippen molar-refractivity contribution in [3.63, 3.8) is 0 Å². The SMILES string of the molecule is COCC1(O)CCOCC1n1cnc(C(=O)N2CCN(C(=O)OC(C)(C)C)C[C@H]2Cc2ccccc2)c1-c1ccccc1. The van der Waals surface area contributed by atoms with Gasteiger partial charge in [0.15, 0.2) is 5.69 Å². The molecule has 0 saturated carbocycles. The largest absolute Gasteiger partial charge is 0.444 e. The average Bonchev–Trinajstić information content (AvgIpc) is 3.42. The maximum atomic E-state index is 14.5. The van der Waals surface area contributed by atoms with Crippen molar-refractivity contribution in [3.05, 3.63) is 78.2 Å². The Hall–Kier alpha value is -3.73. The van der Waals surface area contributed by atoms with E-state index in [1.165, 1.54) is 0 Å². The van der Waals surface area contributed by atoms with Crippen LogP contribution in [0.5, 0.6) is 0 Å². The molecule has 230 valence electrons. The Bertz CT molecular complexity index is 1390. The lowest BCUT2D eigenvalue weighted by molar-refractivity contribution is -0.134. The Morgan fingerprint density at radius 3 is 2.44 bits per heavy atom. The molecular weight excluding hydrogens is 548 g/mol. The normalized spacial score (nSPS) is 22.8. The minimum Gasteiger partial charge on any atom is -0.444 e. The summed E-state index contributed by atoms with van der Waals surface area (Å²) < 4.78 is 18.7. The van der Waals surface area contributed by atoms with Gasteiger partial charge in [-0.15, -0.1) is 0 Å². The van der Waals surface area contributed by atoms with E-state index in [2.05, 4.69) is 4.98 Å². The number of hydrogen-bond donors (Lipinski definition) is 1. The maximum Gasteiger partial charge on any atom is 0.410 e. The number of hydrogen-bond acceptors (Lipinski definition) is 7. The molecule has 2 aliphatic heterocycles. The summed E-state index contributed by atoms with van der Waals surface area (Å²) in [6.45, 7) is 7.35. The van der Waals surface area contributed by atoms with Crippen LogP contribution in [0.3, 0.4) is 0 Å². The van der Waals surface area contributed by atoms with Gasteiger partial charge in [-0.25, -0.2) is 9.78 Å². The van der Waals surface area contributed by atoms with Crippen LogP contribution in [0.4, 0.5) is 4.79 Å². The second-order valence-electron chi connectivity index (χ2n) is 12.4. The summed E-state index contributed by atoms with van der Waals surface area (Å²) in [5.41, 5.74) is 0.968. The van der Waals surface area contributed by atoms with E-state index < -0.39 is 17.2 Å². The Labute approximate surface area is 253 Å². The molecule has 0 aliphatic carbocycles. The van der Waals surface area contributed by atoms with Crippen LogP contribution in [0.15, 0.2) is 67.0 Å². The number of amides is 2. The van der Waals surface area contributed by atoms with Crippen molar-refractivity contribution in [3.8, 4) is 11.3 Å². The molecule has 3 atom stereocenters. The summed E-state index contributed by atoms with van der Waals surface area (Å²) in [4.78, 5) is 35.7. The first-order valence-electron chi connectivity index (χ1n) is 14.8. The first kappa shape index (κ1) is 30.7. The molecule has 0 spiro atoms. The summed E-state index contributed by atoms with van der Waals surface area (Å²) in [7, 11) is 1.56. The smallest absolute Gasteiger partial charge is 0.410 e. The number of nitrogens with zero attached hydrogens (tertiary/aromatic N) is 4. The molecular formula is C33H42N4O6. The number of carbonyl (C=O) groups excluding carboxylic acids is 2. The highest BCUT2D eigenvalue weighted by atomic mass is 16.6. The number of benzene rings is 2. The molecule has 2 fully saturated rings. The molecule has 0 radical (unpaired) electrons. The number of methoxy groups -OCH3 is 1. The third kappa shape index (κ3) is 6.92. The van der Waals surface area contributed by atoms with Crippen LogP contribution in [0.1, 0.15) is 49.3 Å². The molecule has 1 aromatic heterocycles. The van der Waals surface area contributed by atoms with Gasteiger partial charge in [-0.1, -0.05) is 60.7 Å². The lowest BCUT2D eigenvalue weighted by Crippen LogP contribution is -2.58. The van der Waals surface area contributed by atoms with Crippen LogP contribution in [0, 0.1) is 0 Å². The van der Waals surface area contributed by atoms with Gasteiger partial charge in [-0.2, -0.15) is 0 Å². The second-order valence-corrected chi connectivity index (χ2v) is 12.4. The molecule has 5 rings (SSSR count). The van der Waals surface area contributed by atoms with Gasteiger partial charge in [0.05, 0.1) is 37.3 Å². The van der Waals surface area contributed by atoms with E-state index in [9.17, 15) is 14.7 Å². The van der Waals surface area contributed by atoms with Gasteiger partial charge >= 0.3 is 6.09 Å². The van der Waals surface area contributed by atoms with E-state index >= 15 is 0 Å². The van der Waals surface area contributed by atoms with E-state index in [4.69, 9.17) is 14.2 Å². The molecule has 3 aromatic rings. The third-order valence-electron chi connectivity index (χ3n) is 8.06. The highest BCUT2D eigenvalue weighted by Gasteiger charge is 2.43. The number of piperazine rings is 1. The number of aliphatic hydroxyl groups is 1. The molecule has 10 heteroatoms. The first-order valence-corrected chi connectivity index (χ1v) is 14.8. The molecule has 2 saturated heterocycles. The van der Waals surface area contributed by atoms with E-state index in [0.717, 1.165) is 11.1 Å². The molecule has 0 bridgehead atoms. The highest BCUT2D eigenvalue weighted by molar-refractivity contribution is 5.98. The fourth-order valence-electron chi connectivity index (χ4n) is 5.97.